The first kappa shape index (κ1) is 19.5. The fourth-order valence-electron chi connectivity index (χ4n) is 3.72. The molecule has 1 aliphatic rings. The normalized spacial score (nSPS) is 15.6. The highest BCUT2D eigenvalue weighted by atomic mass is 35.5. The second-order valence-corrected chi connectivity index (χ2v) is 7.56. The molecule has 0 saturated heterocycles. The van der Waals surface area contributed by atoms with Gasteiger partial charge in [-0.15, -0.1) is 0 Å². The summed E-state index contributed by atoms with van der Waals surface area (Å²) in [5, 5.41) is 1.52. The molecule has 7 heteroatoms. The predicted molar refractivity (Wildman–Crippen MR) is 108 cm³/mol. The van der Waals surface area contributed by atoms with Crippen LogP contribution in [0.4, 0.5) is 0 Å². The van der Waals surface area contributed by atoms with Gasteiger partial charge in [0.05, 0.1) is 24.7 Å². The van der Waals surface area contributed by atoms with E-state index in [1.165, 1.54) is 7.11 Å². The molecular weight excluding hydrogens is 394 g/mol. The molecule has 1 aromatic heterocycles. The summed E-state index contributed by atoms with van der Waals surface area (Å²) in [6.45, 7) is 3.64. The minimum absolute atomic E-state index is 0.113. The van der Waals surface area contributed by atoms with Crippen molar-refractivity contribution in [3.05, 3.63) is 74.1 Å². The van der Waals surface area contributed by atoms with E-state index >= 15 is 0 Å². The van der Waals surface area contributed by atoms with E-state index in [1.54, 1.807) is 0 Å². The summed E-state index contributed by atoms with van der Waals surface area (Å²) in [6.07, 6.45) is -0.113. The van der Waals surface area contributed by atoms with Crippen molar-refractivity contribution < 1.29 is 23.6 Å². The Labute approximate surface area is 172 Å². The number of hydrogen-bond donors (Lipinski definition) is 1. The molecule has 0 aliphatic carbocycles. The van der Waals surface area contributed by atoms with Gasteiger partial charge >= 0.3 is 11.6 Å². The first-order valence-corrected chi connectivity index (χ1v) is 9.70. The van der Waals surface area contributed by atoms with Crippen LogP contribution in [0.25, 0.3) is 11.0 Å². The Morgan fingerprint density at radius 2 is 2.03 bits per heavy atom. The molecule has 0 bridgehead atoms. The van der Waals surface area contributed by atoms with Crippen molar-refractivity contribution in [3.8, 4) is 5.75 Å². The van der Waals surface area contributed by atoms with E-state index in [0.717, 1.165) is 32.0 Å². The minimum Gasteiger partial charge on any atom is -0.469 e. The molecule has 0 spiro atoms. The maximum absolute atomic E-state index is 12.6. The molecule has 1 unspecified atom stereocenters. The Kier molecular flexibility index (Phi) is 5.30. The number of carbonyl (C=O) groups excluding carboxylic acids is 1. The first-order chi connectivity index (χ1) is 14.0. The molecule has 29 heavy (non-hydrogen) atoms. The number of aryl methyl sites for hydroxylation is 1. The van der Waals surface area contributed by atoms with Gasteiger partial charge in [0.15, 0.2) is 5.58 Å². The largest absolute Gasteiger partial charge is 0.469 e. The van der Waals surface area contributed by atoms with Crippen LogP contribution in [0.1, 0.15) is 22.3 Å². The number of esters is 1. The van der Waals surface area contributed by atoms with E-state index in [1.807, 2.05) is 43.3 Å². The van der Waals surface area contributed by atoms with Gasteiger partial charge in [-0.25, -0.2) is 4.79 Å². The summed E-state index contributed by atoms with van der Waals surface area (Å²) in [4.78, 5) is 25.4. The molecule has 2 heterocycles. The number of benzene rings is 2. The van der Waals surface area contributed by atoms with Crippen LogP contribution in [0.15, 0.2) is 45.6 Å². The van der Waals surface area contributed by atoms with Gasteiger partial charge in [0, 0.05) is 16.0 Å². The molecule has 0 radical (unpaired) electrons. The zero-order chi connectivity index (χ0) is 20.5. The summed E-state index contributed by atoms with van der Waals surface area (Å²) >= 11 is 6.30. The summed E-state index contributed by atoms with van der Waals surface area (Å²) < 4.78 is 16.3. The van der Waals surface area contributed by atoms with Gasteiger partial charge < -0.3 is 13.9 Å². The van der Waals surface area contributed by atoms with E-state index in [0.29, 0.717) is 36.7 Å². The Morgan fingerprint density at radius 1 is 1.24 bits per heavy atom. The van der Waals surface area contributed by atoms with Crippen molar-refractivity contribution in [2.24, 2.45) is 0 Å². The van der Waals surface area contributed by atoms with Crippen LogP contribution in [-0.4, -0.2) is 19.8 Å². The monoisotopic (exact) mass is 414 g/mol. The maximum atomic E-state index is 12.6. The van der Waals surface area contributed by atoms with Gasteiger partial charge in [-0.2, -0.15) is 0 Å². The molecular formula is C22H21ClNO5+. The van der Waals surface area contributed by atoms with Crippen LogP contribution in [-0.2, 0) is 29.0 Å². The molecule has 0 fully saturated rings. The van der Waals surface area contributed by atoms with Crippen molar-refractivity contribution >= 4 is 28.5 Å². The zero-order valence-electron chi connectivity index (χ0n) is 16.2. The Hall–Kier alpha value is -2.83. The Bertz CT molecular complexity index is 1150. The number of ether oxygens (including phenoxy) is 2. The van der Waals surface area contributed by atoms with E-state index in [9.17, 15) is 9.59 Å². The second kappa shape index (κ2) is 7.89. The standard InChI is InChI=1S/C22H20ClNO5/c1-13-15-7-8-19-17(21(15)29-22(26)16(13)9-20(25)27-2)11-24(12-28-19)10-14-5-3-4-6-18(14)23/h3-8H,9-12H2,1-2H3/p+1. The smallest absolute Gasteiger partial charge is 0.340 e. The molecule has 1 aliphatic heterocycles. The second-order valence-electron chi connectivity index (χ2n) is 7.15. The molecule has 6 nitrogen and oxygen atoms in total. The number of fused-ring (bicyclic) bond motifs is 3. The fourth-order valence-corrected chi connectivity index (χ4v) is 3.92. The maximum Gasteiger partial charge on any atom is 0.340 e. The molecule has 2 aromatic carbocycles. The average molecular weight is 415 g/mol. The fraction of sp³-hybridized carbons (Fsp3) is 0.273. The summed E-state index contributed by atoms with van der Waals surface area (Å²) in [5.74, 6) is 0.236. The quantitative estimate of drug-likeness (QED) is 0.524. The van der Waals surface area contributed by atoms with Gasteiger partial charge in [-0.1, -0.05) is 29.8 Å². The van der Waals surface area contributed by atoms with Crippen LogP contribution >= 0.6 is 11.6 Å². The van der Waals surface area contributed by atoms with E-state index < -0.39 is 11.6 Å². The number of nitrogens with one attached hydrogen (secondary N) is 1. The topological polar surface area (TPSA) is 70.2 Å². The van der Waals surface area contributed by atoms with Gasteiger partial charge in [0.25, 0.3) is 0 Å². The van der Waals surface area contributed by atoms with E-state index in [-0.39, 0.29) is 6.42 Å². The Balaban J connectivity index is 1.72. The van der Waals surface area contributed by atoms with Crippen molar-refractivity contribution in [2.45, 2.75) is 26.4 Å². The molecule has 1 atom stereocenters. The lowest BCUT2D eigenvalue weighted by atomic mass is 10.00. The van der Waals surface area contributed by atoms with Crippen LogP contribution in [0, 0.1) is 6.92 Å². The number of carbonyl (C=O) groups is 1. The molecule has 4 rings (SSSR count). The van der Waals surface area contributed by atoms with Crippen molar-refractivity contribution in [1.82, 2.24) is 0 Å². The number of rotatable bonds is 4. The lowest BCUT2D eigenvalue weighted by Gasteiger charge is -2.27. The average Bonchev–Trinajstić information content (AvgIpc) is 2.72. The summed E-state index contributed by atoms with van der Waals surface area (Å²) in [6, 6.07) is 11.5. The van der Waals surface area contributed by atoms with Gasteiger partial charge in [-0.3, -0.25) is 9.69 Å². The highest BCUT2D eigenvalue weighted by Gasteiger charge is 2.26. The highest BCUT2D eigenvalue weighted by molar-refractivity contribution is 6.31. The Morgan fingerprint density at radius 3 is 2.79 bits per heavy atom. The summed E-state index contributed by atoms with van der Waals surface area (Å²) in [7, 11) is 1.30. The molecule has 3 aromatic rings. The predicted octanol–water partition coefficient (Wildman–Crippen LogP) is 2.41. The first-order valence-electron chi connectivity index (χ1n) is 9.32. The van der Waals surface area contributed by atoms with Crippen LogP contribution < -0.4 is 15.3 Å². The lowest BCUT2D eigenvalue weighted by Crippen LogP contribution is -3.10. The highest BCUT2D eigenvalue weighted by Crippen LogP contribution is 2.31. The van der Waals surface area contributed by atoms with Crippen molar-refractivity contribution in [3.63, 3.8) is 0 Å². The molecule has 1 N–H and O–H groups in total. The molecule has 0 saturated carbocycles. The van der Waals surface area contributed by atoms with E-state index in [2.05, 4.69) is 0 Å². The molecule has 0 amide bonds. The molecule has 150 valence electrons. The van der Waals surface area contributed by atoms with Gasteiger partial charge in [-0.05, 0) is 30.7 Å². The van der Waals surface area contributed by atoms with Gasteiger partial charge in [0.1, 0.15) is 18.8 Å². The van der Waals surface area contributed by atoms with Crippen molar-refractivity contribution in [2.75, 3.05) is 13.8 Å². The third kappa shape index (κ3) is 3.73. The van der Waals surface area contributed by atoms with E-state index in [4.69, 9.17) is 25.5 Å². The third-order valence-electron chi connectivity index (χ3n) is 5.32. The number of halogens is 1. The summed E-state index contributed by atoms with van der Waals surface area (Å²) in [5.41, 5.74) is 2.92. The SMILES string of the molecule is COC(=O)Cc1c(C)c2ccc3c(c2oc1=O)C[NH+](Cc1ccccc1Cl)CO3. The minimum atomic E-state index is -0.521. The number of quaternary nitrogens is 1. The van der Waals surface area contributed by atoms with Gasteiger partial charge in [0.2, 0.25) is 6.73 Å². The zero-order valence-corrected chi connectivity index (χ0v) is 17.0. The number of methoxy groups -OCH3 is 1. The third-order valence-corrected chi connectivity index (χ3v) is 5.69. The van der Waals surface area contributed by atoms with Crippen LogP contribution in [0.3, 0.4) is 0 Å². The number of hydrogen-bond acceptors (Lipinski definition) is 5. The lowest BCUT2D eigenvalue weighted by molar-refractivity contribution is -0.945. The van der Waals surface area contributed by atoms with Crippen LogP contribution in [0.2, 0.25) is 5.02 Å². The van der Waals surface area contributed by atoms with Crippen LogP contribution in [0.5, 0.6) is 5.75 Å². The van der Waals surface area contributed by atoms with Crippen molar-refractivity contribution in [1.29, 1.82) is 0 Å².